The van der Waals surface area contributed by atoms with E-state index in [1.54, 1.807) is 22.7 Å². The van der Waals surface area contributed by atoms with E-state index in [4.69, 9.17) is 5.14 Å². The molecule has 1 fully saturated rings. The summed E-state index contributed by atoms with van der Waals surface area (Å²) in [5.74, 6) is 0. The van der Waals surface area contributed by atoms with Crippen LogP contribution in [-0.4, -0.2) is 34.2 Å². The predicted molar refractivity (Wildman–Crippen MR) is 120 cm³/mol. The Balaban J connectivity index is 1.62. The minimum absolute atomic E-state index is 0.0580. The molecule has 0 amide bonds. The minimum Gasteiger partial charge on any atom is -0.225 e. The van der Waals surface area contributed by atoms with Crippen molar-refractivity contribution >= 4 is 48.3 Å². The molecular formula is C20H20N2O4S4. The Morgan fingerprint density at radius 2 is 1.43 bits per heavy atom. The second-order valence-electron chi connectivity index (χ2n) is 6.93. The number of benzene rings is 1. The smallest absolute Gasteiger partial charge is 0.225 e. The van der Waals surface area contributed by atoms with Crippen molar-refractivity contribution in [1.82, 2.24) is 4.31 Å². The number of hydrogen-bond acceptors (Lipinski definition) is 6. The highest BCUT2D eigenvalue weighted by Crippen LogP contribution is 2.35. The number of nitrogens with zero attached hydrogens (tertiary/aromatic N) is 1. The molecule has 3 heterocycles. The van der Waals surface area contributed by atoms with Gasteiger partial charge in [0.25, 0.3) is 0 Å². The highest BCUT2D eigenvalue weighted by atomic mass is 32.2. The first kappa shape index (κ1) is 21.4. The van der Waals surface area contributed by atoms with Crippen LogP contribution in [0.5, 0.6) is 0 Å². The van der Waals surface area contributed by atoms with Crippen LogP contribution in [0.2, 0.25) is 0 Å². The first-order valence-corrected chi connectivity index (χ1v) is 14.0. The molecule has 158 valence electrons. The lowest BCUT2D eigenvalue weighted by atomic mass is 9.91. The lowest BCUT2D eigenvalue weighted by Crippen LogP contribution is -2.36. The van der Waals surface area contributed by atoms with Gasteiger partial charge in [-0.15, -0.1) is 0 Å². The molecule has 1 aromatic carbocycles. The van der Waals surface area contributed by atoms with Crippen LogP contribution in [0.4, 0.5) is 0 Å². The molecule has 2 aromatic heterocycles. The monoisotopic (exact) mass is 480 g/mol. The molecule has 10 heteroatoms. The fourth-order valence-corrected chi connectivity index (χ4v) is 7.01. The maximum Gasteiger partial charge on any atom is 0.243 e. The Labute approximate surface area is 184 Å². The van der Waals surface area contributed by atoms with Crippen molar-refractivity contribution in [2.45, 2.75) is 22.6 Å². The molecule has 3 aromatic rings. The van der Waals surface area contributed by atoms with Crippen LogP contribution in [0.3, 0.4) is 0 Å². The van der Waals surface area contributed by atoms with Crippen LogP contribution in [0, 0.1) is 0 Å². The van der Waals surface area contributed by atoms with Gasteiger partial charge in [-0.1, -0.05) is 11.6 Å². The van der Waals surface area contributed by atoms with Crippen molar-refractivity contribution in [3.63, 3.8) is 0 Å². The number of sulfonamides is 2. The maximum absolute atomic E-state index is 13.1. The molecule has 0 spiro atoms. The average Bonchev–Trinajstić information content (AvgIpc) is 3.43. The molecule has 0 unspecified atom stereocenters. The molecule has 4 rings (SSSR count). The quantitative estimate of drug-likeness (QED) is 0.601. The van der Waals surface area contributed by atoms with E-state index >= 15 is 0 Å². The first-order valence-electron chi connectivity index (χ1n) is 9.17. The SMILES string of the molecule is NS(=O)(=O)c1cccc(S(=O)(=O)N2CCC(=C(c3ccsc3)c3ccsc3)CC2)c1. The summed E-state index contributed by atoms with van der Waals surface area (Å²) in [6.07, 6.45) is 1.24. The zero-order valence-corrected chi connectivity index (χ0v) is 19.2. The molecule has 2 N–H and O–H groups in total. The largest absolute Gasteiger partial charge is 0.243 e. The molecule has 0 aliphatic carbocycles. The van der Waals surface area contributed by atoms with E-state index in [2.05, 4.69) is 22.9 Å². The van der Waals surface area contributed by atoms with Crippen LogP contribution in [-0.2, 0) is 20.0 Å². The van der Waals surface area contributed by atoms with Crippen molar-refractivity contribution in [3.05, 3.63) is 74.6 Å². The second kappa shape index (κ2) is 8.37. The van der Waals surface area contributed by atoms with Gasteiger partial charge in [0.2, 0.25) is 20.0 Å². The summed E-state index contributed by atoms with van der Waals surface area (Å²) < 4.78 is 50.8. The summed E-state index contributed by atoms with van der Waals surface area (Å²) in [6, 6.07) is 9.39. The van der Waals surface area contributed by atoms with Gasteiger partial charge in [0.05, 0.1) is 9.79 Å². The molecule has 0 bridgehead atoms. The third kappa shape index (κ3) is 4.29. The number of hydrogen-bond donors (Lipinski definition) is 1. The van der Waals surface area contributed by atoms with Crippen molar-refractivity contribution in [2.24, 2.45) is 5.14 Å². The van der Waals surface area contributed by atoms with E-state index in [0.717, 1.165) is 17.2 Å². The summed E-state index contributed by atoms with van der Waals surface area (Å²) in [5, 5.41) is 13.5. The van der Waals surface area contributed by atoms with Gasteiger partial charge in [0.1, 0.15) is 0 Å². The van der Waals surface area contributed by atoms with E-state index in [0.29, 0.717) is 25.9 Å². The van der Waals surface area contributed by atoms with Crippen molar-refractivity contribution in [2.75, 3.05) is 13.1 Å². The molecule has 1 aliphatic heterocycles. The van der Waals surface area contributed by atoms with Crippen LogP contribution < -0.4 is 5.14 Å². The maximum atomic E-state index is 13.1. The lowest BCUT2D eigenvalue weighted by Gasteiger charge is -2.29. The predicted octanol–water partition coefficient (Wildman–Crippen LogP) is 3.74. The third-order valence-electron chi connectivity index (χ3n) is 5.07. The van der Waals surface area contributed by atoms with Gasteiger partial charge in [-0.05, 0) is 81.4 Å². The van der Waals surface area contributed by atoms with Gasteiger partial charge in [-0.3, -0.25) is 0 Å². The lowest BCUT2D eigenvalue weighted by molar-refractivity contribution is 0.387. The highest BCUT2D eigenvalue weighted by molar-refractivity contribution is 7.90. The summed E-state index contributed by atoms with van der Waals surface area (Å²) in [4.78, 5) is -0.268. The molecular weight excluding hydrogens is 460 g/mol. The highest BCUT2D eigenvalue weighted by Gasteiger charge is 2.29. The van der Waals surface area contributed by atoms with E-state index in [1.165, 1.54) is 33.7 Å². The van der Waals surface area contributed by atoms with Gasteiger partial charge in [-0.25, -0.2) is 22.0 Å². The normalized spacial score (nSPS) is 16.0. The molecule has 0 atom stereocenters. The fourth-order valence-electron chi connectivity index (χ4n) is 3.60. The second-order valence-corrected chi connectivity index (χ2v) is 12.0. The third-order valence-corrected chi connectivity index (χ3v) is 9.24. The van der Waals surface area contributed by atoms with Crippen molar-refractivity contribution < 1.29 is 16.8 Å². The van der Waals surface area contributed by atoms with Crippen molar-refractivity contribution in [1.29, 1.82) is 0 Å². The molecule has 1 aliphatic rings. The Kier molecular flexibility index (Phi) is 5.97. The van der Waals surface area contributed by atoms with Gasteiger partial charge < -0.3 is 0 Å². The summed E-state index contributed by atoms with van der Waals surface area (Å²) in [6.45, 7) is 0.685. The molecule has 6 nitrogen and oxygen atoms in total. The summed E-state index contributed by atoms with van der Waals surface area (Å²) >= 11 is 3.28. The Bertz CT molecular complexity index is 1230. The number of rotatable bonds is 5. The molecule has 30 heavy (non-hydrogen) atoms. The number of thiophene rings is 2. The van der Waals surface area contributed by atoms with E-state index in [9.17, 15) is 16.8 Å². The number of primary sulfonamides is 1. The average molecular weight is 481 g/mol. The number of nitrogens with two attached hydrogens (primary N) is 1. The molecule has 0 saturated carbocycles. The first-order chi connectivity index (χ1) is 14.3. The topological polar surface area (TPSA) is 97.5 Å². The summed E-state index contributed by atoms with van der Waals surface area (Å²) in [7, 11) is -7.78. The van der Waals surface area contributed by atoms with Gasteiger partial charge in [0.15, 0.2) is 0 Å². The van der Waals surface area contributed by atoms with E-state index in [1.807, 2.05) is 10.8 Å². The van der Waals surface area contributed by atoms with E-state index in [-0.39, 0.29) is 9.79 Å². The summed E-state index contributed by atoms with van der Waals surface area (Å²) in [5.41, 5.74) is 4.73. The minimum atomic E-state index is -3.98. The zero-order valence-electron chi connectivity index (χ0n) is 15.9. The Morgan fingerprint density at radius 3 is 1.93 bits per heavy atom. The van der Waals surface area contributed by atoms with Crippen LogP contribution >= 0.6 is 22.7 Å². The van der Waals surface area contributed by atoms with Crippen molar-refractivity contribution in [3.8, 4) is 0 Å². The Hall–Kier alpha value is -1.82. The van der Waals surface area contributed by atoms with Crippen LogP contribution in [0.15, 0.2) is 73.3 Å². The van der Waals surface area contributed by atoms with Crippen LogP contribution in [0.1, 0.15) is 24.0 Å². The van der Waals surface area contributed by atoms with Crippen LogP contribution in [0.25, 0.3) is 5.57 Å². The number of piperidine rings is 1. The Morgan fingerprint density at radius 1 is 0.867 bits per heavy atom. The standard InChI is InChI=1S/C20H20N2O4S4/c21-29(23,24)18-2-1-3-19(12-18)30(25,26)22-8-4-15(5-9-22)20(16-6-10-27-13-16)17-7-11-28-14-17/h1-3,6-7,10-14H,4-5,8-9H2,(H2,21,23,24). The fraction of sp³-hybridized carbons (Fsp3) is 0.200. The molecule has 1 saturated heterocycles. The van der Waals surface area contributed by atoms with E-state index < -0.39 is 20.0 Å². The van der Waals surface area contributed by atoms with Gasteiger partial charge >= 0.3 is 0 Å². The van der Waals surface area contributed by atoms with Gasteiger partial charge in [0, 0.05) is 13.1 Å². The molecule has 0 radical (unpaired) electrons. The van der Waals surface area contributed by atoms with Gasteiger partial charge in [-0.2, -0.15) is 27.0 Å². The zero-order chi connectivity index (χ0) is 21.4.